The van der Waals surface area contributed by atoms with Crippen molar-refractivity contribution in [3.05, 3.63) is 34.9 Å². The van der Waals surface area contributed by atoms with Crippen LogP contribution in [0.3, 0.4) is 0 Å². The monoisotopic (exact) mass is 211 g/mol. The minimum atomic E-state index is 0. The van der Waals surface area contributed by atoms with E-state index in [9.17, 15) is 0 Å². The van der Waals surface area contributed by atoms with Gasteiger partial charge in [-0.05, 0) is 49.9 Å². The molecule has 0 aliphatic carbocycles. The molecular formula is C12H18ClN. The van der Waals surface area contributed by atoms with E-state index in [2.05, 4.69) is 37.4 Å². The summed E-state index contributed by atoms with van der Waals surface area (Å²) in [6, 6.07) is 7.22. The van der Waals surface area contributed by atoms with Gasteiger partial charge >= 0.3 is 0 Å². The highest BCUT2D eigenvalue weighted by atomic mass is 35.5. The molecule has 2 heteroatoms. The number of hydrogen-bond acceptors (Lipinski definition) is 1. The predicted octanol–water partition coefficient (Wildman–Crippen LogP) is 3.15. The average molecular weight is 212 g/mol. The number of nitrogens with one attached hydrogen (secondary N) is 1. The van der Waals surface area contributed by atoms with E-state index in [0.29, 0.717) is 6.04 Å². The second kappa shape index (κ2) is 4.81. The maximum atomic E-state index is 3.54. The first kappa shape index (κ1) is 11.5. The van der Waals surface area contributed by atoms with Gasteiger partial charge in [0.1, 0.15) is 0 Å². The molecule has 1 heterocycles. The van der Waals surface area contributed by atoms with Crippen LogP contribution in [0.5, 0.6) is 0 Å². The van der Waals surface area contributed by atoms with Crippen molar-refractivity contribution in [3.63, 3.8) is 0 Å². The SMILES string of the molecule is Cc1cccc([C@@H]2CCCN2)c1C.Cl. The summed E-state index contributed by atoms with van der Waals surface area (Å²) in [7, 11) is 0. The van der Waals surface area contributed by atoms with Crippen LogP contribution in [-0.2, 0) is 0 Å². The number of hydrogen-bond donors (Lipinski definition) is 1. The quantitative estimate of drug-likeness (QED) is 0.753. The molecule has 1 aromatic rings. The summed E-state index contributed by atoms with van der Waals surface area (Å²) in [5, 5.41) is 3.54. The lowest BCUT2D eigenvalue weighted by Gasteiger charge is -2.15. The third-order valence-electron chi connectivity index (χ3n) is 3.08. The highest BCUT2D eigenvalue weighted by molar-refractivity contribution is 5.85. The second-order valence-electron chi connectivity index (χ2n) is 3.94. The lowest BCUT2D eigenvalue weighted by Crippen LogP contribution is -2.14. The van der Waals surface area contributed by atoms with Gasteiger partial charge in [-0.3, -0.25) is 0 Å². The molecule has 0 bridgehead atoms. The first-order valence-corrected chi connectivity index (χ1v) is 5.08. The maximum Gasteiger partial charge on any atom is 0.0323 e. The molecule has 1 aliphatic heterocycles. The number of aryl methyl sites for hydroxylation is 1. The molecule has 0 radical (unpaired) electrons. The lowest BCUT2D eigenvalue weighted by atomic mass is 9.97. The first-order chi connectivity index (χ1) is 6.29. The summed E-state index contributed by atoms with van der Waals surface area (Å²) in [4.78, 5) is 0. The third-order valence-corrected chi connectivity index (χ3v) is 3.08. The van der Waals surface area contributed by atoms with E-state index in [1.54, 1.807) is 0 Å². The fourth-order valence-corrected chi connectivity index (χ4v) is 2.10. The topological polar surface area (TPSA) is 12.0 Å². The zero-order valence-electron chi connectivity index (χ0n) is 8.84. The summed E-state index contributed by atoms with van der Waals surface area (Å²) in [6.45, 7) is 5.59. The Morgan fingerprint density at radius 1 is 1.29 bits per heavy atom. The van der Waals surface area contributed by atoms with Crippen molar-refractivity contribution in [1.82, 2.24) is 5.32 Å². The van der Waals surface area contributed by atoms with Crippen LogP contribution >= 0.6 is 12.4 Å². The Balaban J connectivity index is 0.000000980. The van der Waals surface area contributed by atoms with Crippen molar-refractivity contribution in [2.45, 2.75) is 32.7 Å². The molecule has 1 fully saturated rings. The van der Waals surface area contributed by atoms with E-state index in [4.69, 9.17) is 0 Å². The average Bonchev–Trinajstić information content (AvgIpc) is 2.62. The maximum absolute atomic E-state index is 3.54. The van der Waals surface area contributed by atoms with E-state index in [1.807, 2.05) is 0 Å². The summed E-state index contributed by atoms with van der Waals surface area (Å²) in [5.41, 5.74) is 4.37. The van der Waals surface area contributed by atoms with Gasteiger partial charge in [0.2, 0.25) is 0 Å². The molecule has 1 aliphatic rings. The second-order valence-corrected chi connectivity index (χ2v) is 3.94. The summed E-state index contributed by atoms with van der Waals surface area (Å²) in [5.74, 6) is 0. The molecule has 0 spiro atoms. The van der Waals surface area contributed by atoms with Crippen LogP contribution in [-0.4, -0.2) is 6.54 Å². The highest BCUT2D eigenvalue weighted by Gasteiger charge is 2.17. The first-order valence-electron chi connectivity index (χ1n) is 5.08. The minimum absolute atomic E-state index is 0. The normalized spacial score (nSPS) is 20.6. The molecule has 1 nitrogen and oxygen atoms in total. The molecule has 0 aromatic heterocycles. The van der Waals surface area contributed by atoms with Gasteiger partial charge in [-0.2, -0.15) is 0 Å². The summed E-state index contributed by atoms with van der Waals surface area (Å²) < 4.78 is 0. The van der Waals surface area contributed by atoms with E-state index in [1.165, 1.54) is 36.1 Å². The number of benzene rings is 1. The van der Waals surface area contributed by atoms with Crippen LogP contribution in [0.15, 0.2) is 18.2 Å². The van der Waals surface area contributed by atoms with Crippen molar-refractivity contribution in [2.75, 3.05) is 6.54 Å². The Kier molecular flexibility index (Phi) is 3.97. The molecule has 2 rings (SSSR count). The van der Waals surface area contributed by atoms with E-state index in [0.717, 1.165) is 0 Å². The van der Waals surface area contributed by atoms with Gasteiger partial charge in [0.05, 0.1) is 0 Å². The Bertz CT molecular complexity index is 303. The Hall–Kier alpha value is -0.530. The van der Waals surface area contributed by atoms with Crippen molar-refractivity contribution in [2.24, 2.45) is 0 Å². The van der Waals surface area contributed by atoms with Gasteiger partial charge in [-0.15, -0.1) is 12.4 Å². The van der Waals surface area contributed by atoms with E-state index >= 15 is 0 Å². The Morgan fingerprint density at radius 3 is 2.71 bits per heavy atom. The number of rotatable bonds is 1. The van der Waals surface area contributed by atoms with Crippen LogP contribution in [0.1, 0.15) is 35.6 Å². The summed E-state index contributed by atoms with van der Waals surface area (Å²) >= 11 is 0. The molecule has 0 amide bonds. The van der Waals surface area contributed by atoms with Gasteiger partial charge in [0.15, 0.2) is 0 Å². The molecule has 78 valence electrons. The fourth-order valence-electron chi connectivity index (χ4n) is 2.10. The molecule has 1 saturated heterocycles. The smallest absolute Gasteiger partial charge is 0.0323 e. The van der Waals surface area contributed by atoms with E-state index < -0.39 is 0 Å². The van der Waals surface area contributed by atoms with Crippen LogP contribution in [0.4, 0.5) is 0 Å². The molecular weight excluding hydrogens is 194 g/mol. The zero-order chi connectivity index (χ0) is 9.26. The molecule has 1 aromatic carbocycles. The predicted molar refractivity (Wildman–Crippen MR) is 63.1 cm³/mol. The molecule has 1 atom stereocenters. The Morgan fingerprint density at radius 2 is 2.07 bits per heavy atom. The molecule has 0 unspecified atom stereocenters. The Labute approximate surface area is 92.3 Å². The fraction of sp³-hybridized carbons (Fsp3) is 0.500. The van der Waals surface area contributed by atoms with Crippen molar-refractivity contribution in [1.29, 1.82) is 0 Å². The van der Waals surface area contributed by atoms with Gasteiger partial charge in [0.25, 0.3) is 0 Å². The number of halogens is 1. The van der Waals surface area contributed by atoms with Gasteiger partial charge in [-0.25, -0.2) is 0 Å². The molecule has 0 saturated carbocycles. The van der Waals surface area contributed by atoms with Crippen molar-refractivity contribution >= 4 is 12.4 Å². The molecule has 14 heavy (non-hydrogen) atoms. The minimum Gasteiger partial charge on any atom is -0.310 e. The van der Waals surface area contributed by atoms with Gasteiger partial charge < -0.3 is 5.32 Å². The van der Waals surface area contributed by atoms with Crippen LogP contribution in [0.25, 0.3) is 0 Å². The van der Waals surface area contributed by atoms with Gasteiger partial charge in [0, 0.05) is 6.04 Å². The standard InChI is InChI=1S/C12H17N.ClH/c1-9-5-3-6-11(10(9)2)12-7-4-8-13-12;/h3,5-6,12-13H,4,7-8H2,1-2H3;1H/t12-;/m0./s1. The van der Waals surface area contributed by atoms with Crippen LogP contribution in [0, 0.1) is 13.8 Å². The van der Waals surface area contributed by atoms with Crippen LogP contribution in [0.2, 0.25) is 0 Å². The zero-order valence-corrected chi connectivity index (χ0v) is 9.66. The van der Waals surface area contributed by atoms with Crippen molar-refractivity contribution in [3.8, 4) is 0 Å². The highest BCUT2D eigenvalue weighted by Crippen LogP contribution is 2.26. The molecule has 1 N–H and O–H groups in total. The third kappa shape index (κ3) is 2.10. The van der Waals surface area contributed by atoms with Crippen LogP contribution < -0.4 is 5.32 Å². The van der Waals surface area contributed by atoms with Crippen molar-refractivity contribution < 1.29 is 0 Å². The largest absolute Gasteiger partial charge is 0.310 e. The summed E-state index contributed by atoms with van der Waals surface area (Å²) in [6.07, 6.45) is 2.61. The lowest BCUT2D eigenvalue weighted by molar-refractivity contribution is 0.643. The van der Waals surface area contributed by atoms with Gasteiger partial charge in [-0.1, -0.05) is 18.2 Å². The van der Waals surface area contributed by atoms with E-state index in [-0.39, 0.29) is 12.4 Å².